The smallest absolute Gasteiger partial charge is 0.115 e. The summed E-state index contributed by atoms with van der Waals surface area (Å²) in [7, 11) is 0. The van der Waals surface area contributed by atoms with E-state index in [2.05, 4.69) is 15.5 Å². The highest BCUT2D eigenvalue weighted by atomic mass is 16.5. The fourth-order valence-electron chi connectivity index (χ4n) is 1.15. The van der Waals surface area contributed by atoms with E-state index in [9.17, 15) is 0 Å². The number of rotatable bonds is 1. The summed E-state index contributed by atoms with van der Waals surface area (Å²) in [6.45, 7) is 2.28. The van der Waals surface area contributed by atoms with Gasteiger partial charge < -0.3 is 4.74 Å². The summed E-state index contributed by atoms with van der Waals surface area (Å²) in [4.78, 5) is 0. The molecular formula is C7H10N3O. The van der Waals surface area contributed by atoms with Gasteiger partial charge in [0.1, 0.15) is 6.10 Å². The molecule has 1 aliphatic rings. The molecule has 1 aromatic heterocycles. The number of H-pyrrole nitrogens is 1. The fraction of sp³-hybridized carbons (Fsp3) is 0.571. The van der Waals surface area contributed by atoms with Gasteiger partial charge >= 0.3 is 0 Å². The van der Waals surface area contributed by atoms with Gasteiger partial charge in [-0.05, 0) is 6.07 Å². The Hall–Kier alpha value is -0.870. The predicted molar refractivity (Wildman–Crippen MR) is 39.1 cm³/mol. The Morgan fingerprint density at radius 3 is 3.27 bits per heavy atom. The highest BCUT2D eigenvalue weighted by molar-refractivity contribution is 5.03. The molecule has 1 aromatic rings. The summed E-state index contributed by atoms with van der Waals surface area (Å²) < 4.78 is 5.45. The van der Waals surface area contributed by atoms with E-state index >= 15 is 0 Å². The van der Waals surface area contributed by atoms with Gasteiger partial charge in [-0.1, -0.05) is 0 Å². The van der Waals surface area contributed by atoms with Gasteiger partial charge in [-0.15, -0.1) is 0 Å². The highest BCUT2D eigenvalue weighted by Crippen LogP contribution is 2.15. The standard InChI is InChI=1S/C7H10N3O/c1-2-9-10-6(1)7-5-8-3-4-11-7/h1-2,7H,3-5H2,(H,9,10). The van der Waals surface area contributed by atoms with Crippen molar-refractivity contribution in [1.82, 2.24) is 15.5 Å². The molecule has 1 atom stereocenters. The average molecular weight is 152 g/mol. The minimum Gasteiger partial charge on any atom is -0.369 e. The quantitative estimate of drug-likeness (QED) is 0.619. The molecule has 11 heavy (non-hydrogen) atoms. The van der Waals surface area contributed by atoms with E-state index in [-0.39, 0.29) is 6.10 Å². The molecule has 1 saturated heterocycles. The monoisotopic (exact) mass is 152 g/mol. The average Bonchev–Trinajstić information content (AvgIpc) is 2.58. The second-order valence-corrected chi connectivity index (χ2v) is 2.49. The van der Waals surface area contributed by atoms with Crippen LogP contribution < -0.4 is 5.32 Å². The molecule has 0 aliphatic carbocycles. The van der Waals surface area contributed by atoms with Crippen LogP contribution >= 0.6 is 0 Å². The lowest BCUT2D eigenvalue weighted by Crippen LogP contribution is -2.28. The van der Waals surface area contributed by atoms with Crippen molar-refractivity contribution in [2.75, 3.05) is 19.7 Å². The first kappa shape index (κ1) is 6.82. The first-order valence-corrected chi connectivity index (χ1v) is 3.71. The number of hydrogen-bond acceptors (Lipinski definition) is 2. The van der Waals surface area contributed by atoms with Crippen molar-refractivity contribution in [3.05, 3.63) is 18.0 Å². The van der Waals surface area contributed by atoms with Crippen molar-refractivity contribution < 1.29 is 4.74 Å². The fourth-order valence-corrected chi connectivity index (χ4v) is 1.15. The molecule has 2 heterocycles. The van der Waals surface area contributed by atoms with Crippen molar-refractivity contribution >= 4 is 0 Å². The Morgan fingerprint density at radius 2 is 2.64 bits per heavy atom. The lowest BCUT2D eigenvalue weighted by Gasteiger charge is -2.20. The molecule has 0 bridgehead atoms. The summed E-state index contributed by atoms with van der Waals surface area (Å²) in [6, 6.07) is 1.92. The number of nitrogens with one attached hydrogen (secondary N) is 1. The van der Waals surface area contributed by atoms with E-state index in [1.807, 2.05) is 6.07 Å². The summed E-state index contributed by atoms with van der Waals surface area (Å²) in [5, 5.41) is 11.0. The van der Waals surface area contributed by atoms with E-state index in [1.54, 1.807) is 6.20 Å². The summed E-state index contributed by atoms with van der Waals surface area (Å²) in [5.74, 6) is 0. The maximum Gasteiger partial charge on any atom is 0.115 e. The molecule has 2 rings (SSSR count). The van der Waals surface area contributed by atoms with E-state index in [1.165, 1.54) is 0 Å². The van der Waals surface area contributed by atoms with Crippen LogP contribution in [0.4, 0.5) is 0 Å². The molecule has 0 aromatic carbocycles. The summed E-state index contributed by atoms with van der Waals surface area (Å²) >= 11 is 0. The maximum absolute atomic E-state index is 5.45. The molecule has 1 unspecified atom stereocenters. The molecule has 1 aliphatic heterocycles. The molecule has 1 N–H and O–H groups in total. The van der Waals surface area contributed by atoms with E-state index in [0.717, 1.165) is 25.4 Å². The van der Waals surface area contributed by atoms with Crippen LogP contribution in [0.3, 0.4) is 0 Å². The number of ether oxygens (including phenoxy) is 1. The molecule has 0 amide bonds. The third-order valence-electron chi connectivity index (χ3n) is 1.72. The normalized spacial score (nSPS) is 25.3. The Bertz CT molecular complexity index is 203. The van der Waals surface area contributed by atoms with Gasteiger partial charge in [0.15, 0.2) is 0 Å². The van der Waals surface area contributed by atoms with Crippen LogP contribution in [0.25, 0.3) is 0 Å². The lowest BCUT2D eigenvalue weighted by atomic mass is 10.2. The molecule has 0 saturated carbocycles. The van der Waals surface area contributed by atoms with Crippen LogP contribution in [0.2, 0.25) is 0 Å². The molecule has 4 nitrogen and oxygen atoms in total. The Kier molecular flexibility index (Phi) is 1.87. The summed E-state index contributed by atoms with van der Waals surface area (Å²) in [6.07, 6.45) is 1.88. The van der Waals surface area contributed by atoms with Crippen molar-refractivity contribution in [2.24, 2.45) is 0 Å². The second kappa shape index (κ2) is 3.02. The largest absolute Gasteiger partial charge is 0.369 e. The molecule has 1 radical (unpaired) electrons. The third kappa shape index (κ3) is 1.41. The van der Waals surface area contributed by atoms with Crippen LogP contribution in [-0.4, -0.2) is 29.9 Å². The van der Waals surface area contributed by atoms with Crippen LogP contribution in [0.5, 0.6) is 0 Å². The van der Waals surface area contributed by atoms with E-state index < -0.39 is 0 Å². The zero-order valence-electron chi connectivity index (χ0n) is 6.16. The van der Waals surface area contributed by atoms with Gasteiger partial charge in [-0.25, -0.2) is 5.32 Å². The Balaban J connectivity index is 2.04. The first-order chi connectivity index (χ1) is 5.47. The Labute approximate surface area is 64.9 Å². The minimum absolute atomic E-state index is 0.0787. The number of aromatic nitrogens is 2. The minimum atomic E-state index is 0.0787. The van der Waals surface area contributed by atoms with Crippen molar-refractivity contribution in [1.29, 1.82) is 0 Å². The third-order valence-corrected chi connectivity index (χ3v) is 1.72. The highest BCUT2D eigenvalue weighted by Gasteiger charge is 2.17. The number of morpholine rings is 1. The van der Waals surface area contributed by atoms with Crippen LogP contribution in [0.1, 0.15) is 11.8 Å². The molecule has 1 fully saturated rings. The molecule has 0 spiro atoms. The van der Waals surface area contributed by atoms with E-state index in [0.29, 0.717) is 0 Å². The van der Waals surface area contributed by atoms with Crippen LogP contribution in [0.15, 0.2) is 12.3 Å². The second-order valence-electron chi connectivity index (χ2n) is 2.49. The zero-order chi connectivity index (χ0) is 7.52. The summed E-state index contributed by atoms with van der Waals surface area (Å²) in [5.41, 5.74) is 0.952. The van der Waals surface area contributed by atoms with Gasteiger partial charge in [-0.3, -0.25) is 5.10 Å². The van der Waals surface area contributed by atoms with Gasteiger partial charge in [-0.2, -0.15) is 5.10 Å². The van der Waals surface area contributed by atoms with Gasteiger partial charge in [0.2, 0.25) is 0 Å². The molecule has 4 heteroatoms. The lowest BCUT2D eigenvalue weighted by molar-refractivity contribution is 0.0234. The van der Waals surface area contributed by atoms with Crippen molar-refractivity contribution in [3.8, 4) is 0 Å². The molecule has 59 valence electrons. The van der Waals surface area contributed by atoms with Crippen LogP contribution in [-0.2, 0) is 4.74 Å². The van der Waals surface area contributed by atoms with Crippen molar-refractivity contribution in [3.63, 3.8) is 0 Å². The number of nitrogens with zero attached hydrogens (tertiary/aromatic N) is 2. The van der Waals surface area contributed by atoms with Crippen LogP contribution in [0, 0.1) is 0 Å². The van der Waals surface area contributed by atoms with Gasteiger partial charge in [0, 0.05) is 19.3 Å². The van der Waals surface area contributed by atoms with Gasteiger partial charge in [0.05, 0.1) is 12.3 Å². The predicted octanol–water partition coefficient (Wildman–Crippen LogP) is 0.0854. The first-order valence-electron chi connectivity index (χ1n) is 3.71. The molecular weight excluding hydrogens is 142 g/mol. The Morgan fingerprint density at radius 1 is 1.64 bits per heavy atom. The zero-order valence-corrected chi connectivity index (χ0v) is 6.16. The number of aromatic amines is 1. The topological polar surface area (TPSA) is 52.0 Å². The SMILES string of the molecule is c1cc(C2C[N]CCO2)n[nH]1. The van der Waals surface area contributed by atoms with Gasteiger partial charge in [0.25, 0.3) is 0 Å². The van der Waals surface area contributed by atoms with E-state index in [4.69, 9.17) is 4.74 Å². The van der Waals surface area contributed by atoms with Crippen molar-refractivity contribution in [2.45, 2.75) is 6.10 Å². The number of hydrogen-bond donors (Lipinski definition) is 1. The maximum atomic E-state index is 5.45.